The second-order valence-corrected chi connectivity index (χ2v) is 4.99. The van der Waals surface area contributed by atoms with Gasteiger partial charge in [-0.3, -0.25) is 25.2 Å². The number of aryl methyl sites for hydroxylation is 2. The zero-order valence-electron chi connectivity index (χ0n) is 12.4. The minimum atomic E-state index is -0.480. The zero-order valence-corrected chi connectivity index (χ0v) is 12.4. The summed E-state index contributed by atoms with van der Waals surface area (Å²) in [4.78, 5) is 35.2. The third-order valence-electron chi connectivity index (χ3n) is 3.15. The van der Waals surface area contributed by atoms with E-state index in [2.05, 4.69) is 10.9 Å². The van der Waals surface area contributed by atoms with Crippen LogP contribution < -0.4 is 16.4 Å². The van der Waals surface area contributed by atoms with E-state index in [4.69, 9.17) is 0 Å². The predicted octanol–water partition coefficient (Wildman–Crippen LogP) is 0.926. The van der Waals surface area contributed by atoms with Crippen molar-refractivity contribution in [1.29, 1.82) is 0 Å². The Labute approximate surface area is 127 Å². The number of carbonyl (C=O) groups is 2. The lowest BCUT2D eigenvalue weighted by atomic mass is 10.1. The maximum absolute atomic E-state index is 12.0. The first-order valence-corrected chi connectivity index (χ1v) is 6.79. The lowest BCUT2D eigenvalue weighted by Gasteiger charge is -2.10. The summed E-state index contributed by atoms with van der Waals surface area (Å²) in [5, 5.41) is 0. The van der Waals surface area contributed by atoms with Gasteiger partial charge in [-0.05, 0) is 31.5 Å². The van der Waals surface area contributed by atoms with Crippen molar-refractivity contribution in [2.45, 2.75) is 20.4 Å². The first kappa shape index (κ1) is 15.5. The number of nitrogens with zero attached hydrogens (tertiary/aromatic N) is 1. The van der Waals surface area contributed by atoms with E-state index in [9.17, 15) is 14.4 Å². The van der Waals surface area contributed by atoms with Crippen LogP contribution in [-0.4, -0.2) is 16.4 Å². The number of carbonyl (C=O) groups excluding carboxylic acids is 2. The molecular formula is C16H17N3O3. The van der Waals surface area contributed by atoms with Gasteiger partial charge in [0.2, 0.25) is 0 Å². The highest BCUT2D eigenvalue weighted by Crippen LogP contribution is 2.09. The van der Waals surface area contributed by atoms with Crippen molar-refractivity contribution < 1.29 is 9.59 Å². The molecule has 1 aromatic heterocycles. The van der Waals surface area contributed by atoms with Crippen molar-refractivity contribution in [3.63, 3.8) is 0 Å². The summed E-state index contributed by atoms with van der Waals surface area (Å²) in [5.74, 6) is -0.877. The van der Waals surface area contributed by atoms with Gasteiger partial charge in [-0.1, -0.05) is 23.8 Å². The number of hydrogen-bond donors (Lipinski definition) is 2. The molecule has 0 aliphatic carbocycles. The quantitative estimate of drug-likeness (QED) is 0.827. The van der Waals surface area contributed by atoms with Crippen LogP contribution in [-0.2, 0) is 11.3 Å². The summed E-state index contributed by atoms with van der Waals surface area (Å²) in [7, 11) is 0. The van der Waals surface area contributed by atoms with Crippen LogP contribution in [0.3, 0.4) is 0 Å². The Kier molecular flexibility index (Phi) is 4.73. The number of rotatable bonds is 3. The number of hydrogen-bond acceptors (Lipinski definition) is 3. The second kappa shape index (κ2) is 6.71. The molecule has 0 spiro atoms. The van der Waals surface area contributed by atoms with Crippen LogP contribution in [0.2, 0.25) is 0 Å². The third-order valence-corrected chi connectivity index (χ3v) is 3.15. The van der Waals surface area contributed by atoms with Gasteiger partial charge in [-0.15, -0.1) is 0 Å². The Bertz CT molecular complexity index is 765. The fourth-order valence-electron chi connectivity index (χ4n) is 2.05. The maximum atomic E-state index is 12.0. The molecule has 1 heterocycles. The van der Waals surface area contributed by atoms with Crippen LogP contribution in [0.1, 0.15) is 21.5 Å². The molecule has 0 fully saturated rings. The molecule has 6 nitrogen and oxygen atoms in total. The van der Waals surface area contributed by atoms with Crippen molar-refractivity contribution in [2.75, 3.05) is 0 Å². The predicted molar refractivity (Wildman–Crippen MR) is 82.2 cm³/mol. The van der Waals surface area contributed by atoms with Crippen LogP contribution in [0, 0.1) is 13.8 Å². The molecule has 22 heavy (non-hydrogen) atoms. The Morgan fingerprint density at radius 2 is 1.86 bits per heavy atom. The summed E-state index contributed by atoms with van der Waals surface area (Å²) >= 11 is 0. The van der Waals surface area contributed by atoms with Gasteiger partial charge in [0.1, 0.15) is 6.54 Å². The summed E-state index contributed by atoms with van der Waals surface area (Å²) in [6.45, 7) is 3.61. The van der Waals surface area contributed by atoms with Gasteiger partial charge in [0, 0.05) is 17.8 Å². The molecule has 6 heteroatoms. The Hall–Kier alpha value is -2.89. The Morgan fingerprint density at radius 1 is 1.09 bits per heavy atom. The molecule has 0 atom stereocenters. The smallest absolute Gasteiger partial charge is 0.269 e. The summed E-state index contributed by atoms with van der Waals surface area (Å²) in [6.07, 6.45) is 1.51. The first-order chi connectivity index (χ1) is 10.5. The zero-order chi connectivity index (χ0) is 16.1. The van der Waals surface area contributed by atoms with E-state index in [0.717, 1.165) is 11.1 Å². The average Bonchev–Trinajstić information content (AvgIpc) is 2.47. The number of nitrogens with one attached hydrogen (secondary N) is 2. The standard InChI is InChI=1S/C16H17N3O3/c1-11-6-7-13(12(2)9-11)16(22)18-17-14(20)10-19-8-4-3-5-15(19)21/h3-9H,10H2,1-2H3,(H,17,20)(H,18,22). The summed E-state index contributed by atoms with van der Waals surface area (Å²) in [5.41, 5.74) is 6.74. The van der Waals surface area contributed by atoms with E-state index >= 15 is 0 Å². The highest BCUT2D eigenvalue weighted by atomic mass is 16.2. The average molecular weight is 299 g/mol. The molecule has 0 bridgehead atoms. The van der Waals surface area contributed by atoms with E-state index in [1.165, 1.54) is 16.8 Å². The van der Waals surface area contributed by atoms with E-state index in [-0.39, 0.29) is 12.1 Å². The van der Waals surface area contributed by atoms with Gasteiger partial charge in [-0.25, -0.2) is 0 Å². The van der Waals surface area contributed by atoms with Gasteiger partial charge in [0.15, 0.2) is 0 Å². The molecule has 0 unspecified atom stereocenters. The summed E-state index contributed by atoms with van der Waals surface area (Å²) in [6, 6.07) is 10.0. The number of aromatic nitrogens is 1. The fourth-order valence-corrected chi connectivity index (χ4v) is 2.05. The first-order valence-electron chi connectivity index (χ1n) is 6.79. The van der Waals surface area contributed by atoms with Gasteiger partial charge in [0.05, 0.1) is 0 Å². The van der Waals surface area contributed by atoms with Crippen molar-refractivity contribution >= 4 is 11.8 Å². The monoisotopic (exact) mass is 299 g/mol. The normalized spacial score (nSPS) is 10.1. The highest BCUT2D eigenvalue weighted by Gasteiger charge is 2.10. The van der Waals surface area contributed by atoms with Gasteiger partial charge >= 0.3 is 0 Å². The van der Waals surface area contributed by atoms with Crippen LogP contribution >= 0.6 is 0 Å². The molecule has 2 rings (SSSR count). The largest absolute Gasteiger partial charge is 0.306 e. The molecule has 0 saturated carbocycles. The number of amides is 2. The van der Waals surface area contributed by atoms with E-state index in [1.54, 1.807) is 18.2 Å². The van der Waals surface area contributed by atoms with Crippen LogP contribution in [0.25, 0.3) is 0 Å². The van der Waals surface area contributed by atoms with Crippen molar-refractivity contribution in [2.24, 2.45) is 0 Å². The minimum Gasteiger partial charge on any atom is -0.306 e. The van der Waals surface area contributed by atoms with E-state index < -0.39 is 11.8 Å². The number of pyridine rings is 1. The van der Waals surface area contributed by atoms with Crippen LogP contribution in [0.4, 0.5) is 0 Å². The Balaban J connectivity index is 1.95. The van der Waals surface area contributed by atoms with Gasteiger partial charge in [-0.2, -0.15) is 0 Å². The topological polar surface area (TPSA) is 80.2 Å². The molecule has 2 N–H and O–H groups in total. The molecule has 1 aromatic carbocycles. The van der Waals surface area contributed by atoms with E-state index in [0.29, 0.717) is 5.56 Å². The highest BCUT2D eigenvalue weighted by molar-refractivity contribution is 5.96. The second-order valence-electron chi connectivity index (χ2n) is 4.99. The third kappa shape index (κ3) is 3.82. The van der Waals surface area contributed by atoms with Crippen molar-refractivity contribution in [3.8, 4) is 0 Å². The fraction of sp³-hybridized carbons (Fsp3) is 0.188. The molecule has 0 saturated heterocycles. The van der Waals surface area contributed by atoms with Crippen molar-refractivity contribution in [1.82, 2.24) is 15.4 Å². The summed E-state index contributed by atoms with van der Waals surface area (Å²) < 4.78 is 1.25. The lowest BCUT2D eigenvalue weighted by Crippen LogP contribution is -2.44. The Morgan fingerprint density at radius 3 is 2.55 bits per heavy atom. The molecular weight excluding hydrogens is 282 g/mol. The lowest BCUT2D eigenvalue weighted by molar-refractivity contribution is -0.122. The minimum absolute atomic E-state index is 0.160. The molecule has 2 amide bonds. The molecule has 0 aliphatic rings. The molecule has 114 valence electrons. The van der Waals surface area contributed by atoms with Crippen molar-refractivity contribution in [3.05, 3.63) is 69.6 Å². The molecule has 0 aliphatic heterocycles. The van der Waals surface area contributed by atoms with Gasteiger partial charge in [0.25, 0.3) is 17.4 Å². The van der Waals surface area contributed by atoms with Crippen LogP contribution in [0.15, 0.2) is 47.4 Å². The van der Waals surface area contributed by atoms with E-state index in [1.807, 2.05) is 26.0 Å². The van der Waals surface area contributed by atoms with Gasteiger partial charge < -0.3 is 4.57 Å². The molecule has 2 aromatic rings. The maximum Gasteiger partial charge on any atom is 0.269 e. The molecule has 0 radical (unpaired) electrons. The number of hydrazine groups is 1. The van der Waals surface area contributed by atoms with Crippen LogP contribution in [0.5, 0.6) is 0 Å². The number of benzene rings is 1. The SMILES string of the molecule is Cc1ccc(C(=O)NNC(=O)Cn2ccccc2=O)c(C)c1.